The molecule has 0 fully saturated rings. The van der Waals surface area contributed by atoms with Gasteiger partial charge >= 0.3 is 11.4 Å². The zero-order valence-corrected chi connectivity index (χ0v) is 62.2. The second-order valence-corrected chi connectivity index (χ2v) is 33.3. The molecule has 6 aromatic carbocycles. The van der Waals surface area contributed by atoms with Gasteiger partial charge in [-0.15, -0.1) is 0 Å². The molecule has 1 aliphatic carbocycles. The SMILES string of the molecule is CC(C)(C)c1ccc2[nH]c(=O)[nH]c2c1.CC(C)(C)c1ccc2[nH]c(=O)oc2c1.CC(C)(C)c1ccc2c(c1)CCO2.CC(C)(C)c1cccc2c1CCC2.CC(C)(C)c1cccn2ncnc12.Cc1cc2cc(C(C)(C)C)ccc2[nH]1.Cc1cc2nc(C(C)(C)C)[nH]c2cc1C. The first kappa shape index (κ1) is 73.1. The summed E-state index contributed by atoms with van der Waals surface area (Å²) in [7, 11) is 0. The summed E-state index contributed by atoms with van der Waals surface area (Å²) in [5.74, 6) is 1.74. The molecule has 510 valence electrons. The summed E-state index contributed by atoms with van der Waals surface area (Å²) >= 11 is 0. The Labute approximate surface area is 570 Å². The molecule has 2 aliphatic rings. The molecule has 96 heavy (non-hydrogen) atoms. The topological polar surface area (TPSA) is 179 Å². The highest BCUT2D eigenvalue weighted by Gasteiger charge is 2.24. The van der Waals surface area contributed by atoms with Gasteiger partial charge in [-0.25, -0.2) is 24.1 Å². The molecule has 0 saturated heterocycles. The van der Waals surface area contributed by atoms with E-state index in [2.05, 4.69) is 285 Å². The van der Waals surface area contributed by atoms with Crippen molar-refractivity contribution in [2.45, 2.75) is 230 Å². The van der Waals surface area contributed by atoms with Crippen molar-refractivity contribution >= 4 is 49.7 Å². The number of rotatable bonds is 0. The molecular formula is C83H109N9O4. The average molecular weight is 1300 g/mol. The zero-order chi connectivity index (χ0) is 70.7. The second-order valence-electron chi connectivity index (χ2n) is 33.3. The average Bonchev–Trinajstić information content (AvgIpc) is 1.65. The molecular weight excluding hydrogens is 1190 g/mol. The van der Waals surface area contributed by atoms with E-state index in [-0.39, 0.29) is 38.2 Å². The summed E-state index contributed by atoms with van der Waals surface area (Å²) in [5, 5.41) is 5.41. The molecule has 5 N–H and O–H groups in total. The van der Waals surface area contributed by atoms with Crippen molar-refractivity contribution < 1.29 is 9.15 Å². The molecule has 0 radical (unpaired) electrons. The summed E-state index contributed by atoms with van der Waals surface area (Å²) in [5.41, 5.74) is 25.0. The van der Waals surface area contributed by atoms with Gasteiger partial charge in [-0.3, -0.25) is 4.98 Å². The van der Waals surface area contributed by atoms with Crippen LogP contribution in [0.25, 0.3) is 49.7 Å². The molecule has 0 bridgehead atoms. The number of nitrogens with one attached hydrogen (secondary N) is 5. The van der Waals surface area contributed by atoms with Gasteiger partial charge in [0.05, 0.1) is 34.2 Å². The maximum Gasteiger partial charge on any atom is 0.417 e. The van der Waals surface area contributed by atoms with Crippen LogP contribution in [-0.2, 0) is 57.2 Å². The van der Waals surface area contributed by atoms with Crippen molar-refractivity contribution in [2.75, 3.05) is 6.61 Å². The minimum Gasteiger partial charge on any atom is -0.493 e. The first-order valence-corrected chi connectivity index (χ1v) is 34.1. The molecule has 0 saturated carbocycles. The van der Waals surface area contributed by atoms with Crippen LogP contribution in [0.4, 0.5) is 0 Å². The monoisotopic (exact) mass is 1300 g/mol. The number of nitrogens with zero attached hydrogens (tertiary/aromatic N) is 4. The Hall–Kier alpha value is -8.71. The highest BCUT2D eigenvalue weighted by Crippen LogP contribution is 2.35. The smallest absolute Gasteiger partial charge is 0.417 e. The van der Waals surface area contributed by atoms with Crippen LogP contribution in [0.2, 0.25) is 0 Å². The normalized spacial score (nSPS) is 13.2. The van der Waals surface area contributed by atoms with Gasteiger partial charge in [0, 0.05) is 34.8 Å². The number of oxazole rings is 1. The summed E-state index contributed by atoms with van der Waals surface area (Å²) in [6.45, 7) is 53.4. The van der Waals surface area contributed by atoms with Gasteiger partial charge in [-0.05, 0) is 200 Å². The van der Waals surface area contributed by atoms with E-state index in [1.807, 2.05) is 48.7 Å². The summed E-state index contributed by atoms with van der Waals surface area (Å²) in [6, 6.07) is 42.4. The van der Waals surface area contributed by atoms with Crippen molar-refractivity contribution in [3.8, 4) is 5.75 Å². The number of hydrogen-bond acceptors (Lipinski definition) is 7. The van der Waals surface area contributed by atoms with E-state index in [1.165, 1.54) is 74.8 Å². The molecule has 0 amide bonds. The summed E-state index contributed by atoms with van der Waals surface area (Å²) in [6.07, 6.45) is 8.51. The molecule has 6 aromatic heterocycles. The third kappa shape index (κ3) is 18.9. The Kier molecular flexibility index (Phi) is 21.7. The Morgan fingerprint density at radius 1 is 0.458 bits per heavy atom. The minimum absolute atomic E-state index is 0.0734. The predicted molar refractivity (Wildman–Crippen MR) is 402 cm³/mol. The molecule has 13 heteroatoms. The fraction of sp³-hybridized carbons (Fsp3) is 0.434. The number of benzene rings is 6. The van der Waals surface area contributed by atoms with E-state index in [1.54, 1.807) is 27.5 Å². The van der Waals surface area contributed by atoms with Crippen LogP contribution in [0, 0.1) is 20.8 Å². The Bertz CT molecular complexity index is 4600. The van der Waals surface area contributed by atoms with Crippen molar-refractivity contribution in [3.63, 3.8) is 0 Å². The molecule has 14 rings (SSSR count). The van der Waals surface area contributed by atoms with Crippen molar-refractivity contribution in [1.82, 2.24) is 44.5 Å². The first-order valence-electron chi connectivity index (χ1n) is 34.1. The third-order valence-corrected chi connectivity index (χ3v) is 17.7. The molecule has 13 nitrogen and oxygen atoms in total. The molecule has 7 heterocycles. The van der Waals surface area contributed by atoms with Gasteiger partial charge in [0.25, 0.3) is 0 Å². The fourth-order valence-corrected chi connectivity index (χ4v) is 11.7. The molecule has 12 aromatic rings. The zero-order valence-electron chi connectivity index (χ0n) is 62.2. The Balaban J connectivity index is 0.000000143. The van der Waals surface area contributed by atoms with E-state index in [4.69, 9.17) is 9.15 Å². The van der Waals surface area contributed by atoms with E-state index < -0.39 is 5.76 Å². The van der Waals surface area contributed by atoms with Crippen LogP contribution in [0.3, 0.4) is 0 Å². The summed E-state index contributed by atoms with van der Waals surface area (Å²) in [4.78, 5) is 45.7. The second kappa shape index (κ2) is 28.5. The predicted octanol–water partition coefficient (Wildman–Crippen LogP) is 20.2. The number of H-pyrrole nitrogens is 5. The van der Waals surface area contributed by atoms with Gasteiger partial charge in [0.15, 0.2) is 11.2 Å². The van der Waals surface area contributed by atoms with E-state index in [9.17, 15) is 9.59 Å². The lowest BCUT2D eigenvalue weighted by Gasteiger charge is -2.22. The number of aromatic nitrogens is 9. The van der Waals surface area contributed by atoms with Crippen LogP contribution in [0.15, 0.2) is 148 Å². The quantitative estimate of drug-likeness (QED) is 0.100. The van der Waals surface area contributed by atoms with Gasteiger partial charge < -0.3 is 29.1 Å². The number of pyridine rings is 1. The number of aromatic amines is 5. The molecule has 0 unspecified atom stereocenters. The highest BCUT2D eigenvalue weighted by atomic mass is 16.5. The fourth-order valence-electron chi connectivity index (χ4n) is 11.7. The van der Waals surface area contributed by atoms with Crippen LogP contribution >= 0.6 is 0 Å². The highest BCUT2D eigenvalue weighted by molar-refractivity contribution is 5.81. The van der Waals surface area contributed by atoms with E-state index in [0.717, 1.165) is 63.4 Å². The Morgan fingerprint density at radius 3 is 1.67 bits per heavy atom. The van der Waals surface area contributed by atoms with Gasteiger partial charge in [-0.2, -0.15) is 5.10 Å². The largest absolute Gasteiger partial charge is 0.493 e. The maximum atomic E-state index is 11.0. The molecule has 0 atom stereocenters. The molecule has 1 aliphatic heterocycles. The lowest BCUT2D eigenvalue weighted by Crippen LogP contribution is -2.13. The number of ether oxygens (including phenoxy) is 1. The van der Waals surface area contributed by atoms with Crippen LogP contribution in [0.5, 0.6) is 5.75 Å². The van der Waals surface area contributed by atoms with Crippen LogP contribution in [-0.4, -0.2) is 51.1 Å². The standard InChI is InChI=1S/C13H18N2.C13H17N.C13H18.C12H16O.C11H14N2O.C11H13NO2.C10H13N3/c1-8-6-10-11(7-9(8)2)15-12(14-10)13(3,4)5;1-9-7-10-8-11(13(2,3)4)5-6-12(10)14-9;1-13(2,3)12-9-5-7-10-6-4-8-11(10)12;1-12(2,3)10-4-5-11-9(8-10)6-7-13-11;1-11(2,3)7-4-5-8-9(6-7)13-10(14)12-8;1-11(2,3)7-4-5-8-9(6-7)14-10(13)12-8;1-10(2,3)8-5-4-6-13-9(8)11-7-12-13/h6-7H,1-5H3,(H,14,15);5-8,14H,1-4H3;5,7,9H,4,6,8H2,1-3H3;4-5,8H,6-7H2,1-3H3;4-6H,1-3H3,(H2,12,13,14);4-6H,1-3H3,(H,12,13);4-7H,1-3H3. The summed E-state index contributed by atoms with van der Waals surface area (Å²) < 4.78 is 12.3. The third-order valence-electron chi connectivity index (χ3n) is 17.7. The van der Waals surface area contributed by atoms with Crippen LogP contribution < -0.4 is 16.2 Å². The Morgan fingerprint density at radius 2 is 1.03 bits per heavy atom. The van der Waals surface area contributed by atoms with Gasteiger partial charge in [0.2, 0.25) is 0 Å². The minimum atomic E-state index is -0.397. The van der Waals surface area contributed by atoms with Crippen LogP contribution in [0.1, 0.15) is 225 Å². The van der Waals surface area contributed by atoms with Crippen molar-refractivity contribution in [3.05, 3.63) is 228 Å². The molecule has 0 spiro atoms. The number of imidazole rings is 2. The lowest BCUT2D eigenvalue weighted by molar-refractivity contribution is 0.356. The number of aryl methyl sites for hydroxylation is 4. The number of fused-ring (bicyclic) bond motifs is 7. The first-order chi connectivity index (χ1) is 44.5. The van der Waals surface area contributed by atoms with Gasteiger partial charge in [-0.1, -0.05) is 200 Å². The van der Waals surface area contributed by atoms with E-state index >= 15 is 0 Å². The maximum absolute atomic E-state index is 11.0. The van der Waals surface area contributed by atoms with Crippen molar-refractivity contribution in [1.29, 1.82) is 0 Å². The number of hydrogen-bond donors (Lipinski definition) is 5. The lowest BCUT2D eigenvalue weighted by atomic mass is 9.83. The van der Waals surface area contributed by atoms with Gasteiger partial charge in [0.1, 0.15) is 17.9 Å². The van der Waals surface area contributed by atoms with Crippen molar-refractivity contribution in [2.24, 2.45) is 0 Å². The van der Waals surface area contributed by atoms with E-state index in [0.29, 0.717) is 11.0 Å².